The average molecular weight is 318 g/mol. The highest BCUT2D eigenvalue weighted by Crippen LogP contribution is 2.21. The van der Waals surface area contributed by atoms with Gasteiger partial charge < -0.3 is 0 Å². The zero-order valence-electron chi connectivity index (χ0n) is 13.0. The van der Waals surface area contributed by atoms with E-state index in [1.165, 1.54) is 0 Å². The standard InChI is InChI=1S/C17H22N2O2S/c1-4-8-22(21)15-7-5-6-14(11-15)9-12(2)17-13(3)10-16(20)18-19-17/h4-7,9,11,13,17,19H,1,8,10H2,2-3H3,(H,18,20)/b12-9+. The van der Waals surface area contributed by atoms with Gasteiger partial charge in [-0.1, -0.05) is 36.8 Å². The predicted octanol–water partition coefficient (Wildman–Crippen LogP) is 2.41. The Balaban J connectivity index is 2.17. The zero-order chi connectivity index (χ0) is 16.1. The van der Waals surface area contributed by atoms with E-state index in [2.05, 4.69) is 30.4 Å². The van der Waals surface area contributed by atoms with Crippen LogP contribution in [0.5, 0.6) is 0 Å². The molecule has 22 heavy (non-hydrogen) atoms. The van der Waals surface area contributed by atoms with Gasteiger partial charge >= 0.3 is 0 Å². The van der Waals surface area contributed by atoms with E-state index >= 15 is 0 Å². The number of hydrogen-bond donors (Lipinski definition) is 2. The molecule has 0 saturated carbocycles. The van der Waals surface area contributed by atoms with Crippen molar-refractivity contribution in [3.8, 4) is 0 Å². The molecule has 3 unspecified atom stereocenters. The first-order valence-electron chi connectivity index (χ1n) is 7.33. The third-order valence-corrected chi connectivity index (χ3v) is 5.04. The number of nitrogens with one attached hydrogen (secondary N) is 2. The van der Waals surface area contributed by atoms with Crippen molar-refractivity contribution in [2.24, 2.45) is 5.92 Å². The molecular formula is C17H22N2O2S. The summed E-state index contributed by atoms with van der Waals surface area (Å²) in [5.41, 5.74) is 7.89. The van der Waals surface area contributed by atoms with Gasteiger partial charge in [0.2, 0.25) is 5.91 Å². The molecule has 0 aliphatic carbocycles. The summed E-state index contributed by atoms with van der Waals surface area (Å²) in [5.74, 6) is 0.723. The molecule has 1 heterocycles. The first-order chi connectivity index (χ1) is 10.5. The number of carbonyl (C=O) groups excluding carboxylic acids is 1. The van der Waals surface area contributed by atoms with Crippen molar-refractivity contribution in [1.82, 2.24) is 10.9 Å². The summed E-state index contributed by atoms with van der Waals surface area (Å²) in [6.45, 7) is 7.72. The second kappa shape index (κ2) is 7.51. The summed E-state index contributed by atoms with van der Waals surface area (Å²) in [5, 5.41) is 0. The van der Waals surface area contributed by atoms with Crippen molar-refractivity contribution in [1.29, 1.82) is 0 Å². The molecule has 5 heteroatoms. The largest absolute Gasteiger partial charge is 0.291 e. The zero-order valence-corrected chi connectivity index (χ0v) is 13.8. The quantitative estimate of drug-likeness (QED) is 0.820. The van der Waals surface area contributed by atoms with Gasteiger partial charge in [-0.15, -0.1) is 6.58 Å². The molecule has 1 fully saturated rings. The maximum atomic E-state index is 12.0. The molecule has 1 saturated heterocycles. The summed E-state index contributed by atoms with van der Waals surface area (Å²) in [6.07, 6.45) is 4.26. The first kappa shape index (κ1) is 16.6. The third kappa shape index (κ3) is 4.15. The first-order valence-corrected chi connectivity index (χ1v) is 8.65. The van der Waals surface area contributed by atoms with E-state index in [9.17, 15) is 9.00 Å². The minimum atomic E-state index is -1.04. The van der Waals surface area contributed by atoms with E-state index in [1.807, 2.05) is 31.2 Å². The minimum absolute atomic E-state index is 0.0263. The molecule has 1 aliphatic rings. The van der Waals surface area contributed by atoms with Gasteiger partial charge in [-0.3, -0.25) is 14.4 Å². The highest BCUT2D eigenvalue weighted by molar-refractivity contribution is 7.85. The lowest BCUT2D eigenvalue weighted by atomic mass is 9.90. The van der Waals surface area contributed by atoms with Crippen LogP contribution in [0.2, 0.25) is 0 Å². The van der Waals surface area contributed by atoms with E-state index in [0.29, 0.717) is 12.2 Å². The van der Waals surface area contributed by atoms with Gasteiger partial charge in [0, 0.05) is 17.1 Å². The summed E-state index contributed by atoms with van der Waals surface area (Å²) in [7, 11) is -1.04. The molecule has 0 radical (unpaired) electrons. The summed E-state index contributed by atoms with van der Waals surface area (Å²) in [4.78, 5) is 12.2. The van der Waals surface area contributed by atoms with Crippen molar-refractivity contribution >= 4 is 22.8 Å². The molecule has 4 nitrogen and oxygen atoms in total. The van der Waals surface area contributed by atoms with Gasteiger partial charge in [0.15, 0.2) is 0 Å². The lowest BCUT2D eigenvalue weighted by Crippen LogP contribution is -2.53. The van der Waals surface area contributed by atoms with Crippen LogP contribution in [0.15, 0.2) is 47.4 Å². The molecule has 2 rings (SSSR count). The minimum Gasteiger partial charge on any atom is -0.291 e. The molecule has 1 aliphatic heterocycles. The molecule has 1 aromatic rings. The van der Waals surface area contributed by atoms with Crippen LogP contribution in [-0.4, -0.2) is 21.9 Å². The molecule has 0 spiro atoms. The molecule has 118 valence electrons. The molecular weight excluding hydrogens is 296 g/mol. The van der Waals surface area contributed by atoms with Crippen molar-refractivity contribution < 1.29 is 9.00 Å². The van der Waals surface area contributed by atoms with Crippen LogP contribution in [0.1, 0.15) is 25.8 Å². The molecule has 0 bridgehead atoms. The molecule has 2 N–H and O–H groups in total. The van der Waals surface area contributed by atoms with E-state index in [1.54, 1.807) is 6.08 Å². The number of carbonyl (C=O) groups is 1. The monoisotopic (exact) mass is 318 g/mol. The van der Waals surface area contributed by atoms with Crippen LogP contribution in [-0.2, 0) is 15.6 Å². The normalized spacial score (nSPS) is 23.7. The predicted molar refractivity (Wildman–Crippen MR) is 90.4 cm³/mol. The van der Waals surface area contributed by atoms with Crippen molar-refractivity contribution in [2.75, 3.05) is 5.75 Å². The SMILES string of the molecule is C=CCS(=O)c1cccc(/C=C(\C)C2NNC(=O)CC2C)c1. The van der Waals surface area contributed by atoms with Gasteiger partial charge in [-0.25, -0.2) is 5.43 Å². The van der Waals surface area contributed by atoms with E-state index in [4.69, 9.17) is 0 Å². The van der Waals surface area contributed by atoms with Crippen LogP contribution >= 0.6 is 0 Å². The average Bonchev–Trinajstić information content (AvgIpc) is 2.47. The summed E-state index contributed by atoms with van der Waals surface area (Å²) in [6, 6.07) is 7.82. The Hall–Kier alpha value is -1.72. The fourth-order valence-corrected chi connectivity index (χ4v) is 3.53. The fraction of sp³-hybridized carbons (Fsp3) is 0.353. The maximum Gasteiger partial charge on any atom is 0.234 e. The van der Waals surface area contributed by atoms with Crippen molar-refractivity contribution in [2.45, 2.75) is 31.2 Å². The smallest absolute Gasteiger partial charge is 0.234 e. The number of hydrazine groups is 1. The van der Waals surface area contributed by atoms with Gasteiger partial charge in [-0.05, 0) is 30.5 Å². The Morgan fingerprint density at radius 1 is 1.50 bits per heavy atom. The molecule has 1 aromatic carbocycles. The summed E-state index contributed by atoms with van der Waals surface area (Å²) >= 11 is 0. The van der Waals surface area contributed by atoms with Crippen LogP contribution in [0.4, 0.5) is 0 Å². The fourth-order valence-electron chi connectivity index (χ4n) is 2.63. The number of rotatable bonds is 5. The Kier molecular flexibility index (Phi) is 5.69. The highest BCUT2D eigenvalue weighted by atomic mass is 32.2. The lowest BCUT2D eigenvalue weighted by molar-refractivity contribution is -0.125. The molecule has 0 aromatic heterocycles. The highest BCUT2D eigenvalue weighted by Gasteiger charge is 2.26. The third-order valence-electron chi connectivity index (χ3n) is 3.72. The van der Waals surface area contributed by atoms with Gasteiger partial charge in [0.1, 0.15) is 0 Å². The van der Waals surface area contributed by atoms with Gasteiger partial charge in [0.05, 0.1) is 16.8 Å². The number of hydrogen-bond acceptors (Lipinski definition) is 3. The van der Waals surface area contributed by atoms with E-state index in [-0.39, 0.29) is 17.9 Å². The van der Waals surface area contributed by atoms with E-state index < -0.39 is 10.8 Å². The van der Waals surface area contributed by atoms with Crippen LogP contribution in [0.25, 0.3) is 6.08 Å². The topological polar surface area (TPSA) is 58.2 Å². The number of amides is 1. The Morgan fingerprint density at radius 2 is 2.27 bits per heavy atom. The molecule has 3 atom stereocenters. The second-order valence-electron chi connectivity index (χ2n) is 5.61. The Morgan fingerprint density at radius 3 is 2.95 bits per heavy atom. The molecule has 1 amide bonds. The Bertz CT molecular complexity index is 625. The Labute approximate surface area is 134 Å². The van der Waals surface area contributed by atoms with Crippen LogP contribution in [0.3, 0.4) is 0 Å². The lowest BCUT2D eigenvalue weighted by Gasteiger charge is -2.30. The number of benzene rings is 1. The van der Waals surface area contributed by atoms with Crippen LogP contribution in [0, 0.1) is 5.92 Å². The van der Waals surface area contributed by atoms with Crippen molar-refractivity contribution in [3.05, 3.63) is 48.1 Å². The van der Waals surface area contributed by atoms with Gasteiger partial charge in [0.25, 0.3) is 0 Å². The van der Waals surface area contributed by atoms with Gasteiger partial charge in [-0.2, -0.15) is 0 Å². The van der Waals surface area contributed by atoms with E-state index in [0.717, 1.165) is 16.0 Å². The van der Waals surface area contributed by atoms with Crippen molar-refractivity contribution in [3.63, 3.8) is 0 Å². The maximum absolute atomic E-state index is 12.0. The second-order valence-corrected chi connectivity index (χ2v) is 7.11. The summed E-state index contributed by atoms with van der Waals surface area (Å²) < 4.78 is 12.0. The van der Waals surface area contributed by atoms with Crippen LogP contribution < -0.4 is 10.9 Å².